The van der Waals surface area contributed by atoms with Crippen LogP contribution in [0.3, 0.4) is 0 Å². The summed E-state index contributed by atoms with van der Waals surface area (Å²) in [5.74, 6) is 0.977. The standard InChI is InChI=1S/C18H27N3O2S/c1-12-4-3-5-14(10-12)17(22)21-16(8-9-24-2)18(23)20-11-15(19)13-6-7-13/h3-5,10,13,15-16H,6-9,11,19H2,1-2H3,(H,20,23)(H,21,22). The predicted molar refractivity (Wildman–Crippen MR) is 99.1 cm³/mol. The molecule has 0 spiro atoms. The largest absolute Gasteiger partial charge is 0.353 e. The van der Waals surface area contributed by atoms with Crippen molar-refractivity contribution in [3.05, 3.63) is 35.4 Å². The van der Waals surface area contributed by atoms with Crippen LogP contribution in [0.2, 0.25) is 0 Å². The molecule has 0 saturated heterocycles. The topological polar surface area (TPSA) is 84.2 Å². The molecule has 2 rings (SSSR count). The lowest BCUT2D eigenvalue weighted by Gasteiger charge is -2.20. The van der Waals surface area contributed by atoms with E-state index in [1.807, 2.05) is 31.4 Å². The molecule has 1 saturated carbocycles. The molecule has 0 heterocycles. The molecule has 1 aliphatic carbocycles. The van der Waals surface area contributed by atoms with Crippen molar-refractivity contribution in [1.82, 2.24) is 10.6 Å². The van der Waals surface area contributed by atoms with Crippen LogP contribution < -0.4 is 16.4 Å². The van der Waals surface area contributed by atoms with Gasteiger partial charge in [-0.3, -0.25) is 9.59 Å². The molecule has 132 valence electrons. The quantitative estimate of drug-likeness (QED) is 0.633. The molecular weight excluding hydrogens is 322 g/mol. The van der Waals surface area contributed by atoms with Gasteiger partial charge in [0.1, 0.15) is 6.04 Å². The van der Waals surface area contributed by atoms with Crippen LogP contribution >= 0.6 is 11.8 Å². The fourth-order valence-corrected chi connectivity index (χ4v) is 3.04. The minimum atomic E-state index is -0.531. The Morgan fingerprint density at radius 3 is 2.75 bits per heavy atom. The van der Waals surface area contributed by atoms with Gasteiger partial charge in [-0.05, 0) is 56.2 Å². The minimum absolute atomic E-state index is 0.0163. The molecule has 0 aromatic heterocycles. The van der Waals surface area contributed by atoms with Gasteiger partial charge in [0.2, 0.25) is 5.91 Å². The monoisotopic (exact) mass is 349 g/mol. The van der Waals surface area contributed by atoms with E-state index >= 15 is 0 Å². The molecule has 5 nitrogen and oxygen atoms in total. The third-order valence-electron chi connectivity index (χ3n) is 4.25. The number of hydrogen-bond acceptors (Lipinski definition) is 4. The number of thioether (sulfide) groups is 1. The Balaban J connectivity index is 1.93. The number of amides is 2. The number of benzene rings is 1. The van der Waals surface area contributed by atoms with E-state index in [4.69, 9.17) is 5.73 Å². The zero-order valence-corrected chi connectivity index (χ0v) is 15.2. The van der Waals surface area contributed by atoms with Crippen LogP contribution in [0.15, 0.2) is 24.3 Å². The van der Waals surface area contributed by atoms with E-state index in [1.165, 1.54) is 0 Å². The van der Waals surface area contributed by atoms with Crippen LogP contribution in [0.4, 0.5) is 0 Å². The van der Waals surface area contributed by atoms with Gasteiger partial charge in [-0.1, -0.05) is 17.7 Å². The van der Waals surface area contributed by atoms with E-state index in [0.717, 1.165) is 24.2 Å². The molecule has 4 N–H and O–H groups in total. The summed E-state index contributed by atoms with van der Waals surface area (Å²) >= 11 is 1.66. The second-order valence-corrected chi connectivity index (χ2v) is 7.41. The first-order valence-corrected chi connectivity index (χ1v) is 9.80. The minimum Gasteiger partial charge on any atom is -0.353 e. The Morgan fingerprint density at radius 1 is 1.38 bits per heavy atom. The van der Waals surface area contributed by atoms with Crippen molar-refractivity contribution in [2.75, 3.05) is 18.6 Å². The summed E-state index contributed by atoms with van der Waals surface area (Å²) in [4.78, 5) is 24.8. The van der Waals surface area contributed by atoms with Crippen LogP contribution in [-0.2, 0) is 4.79 Å². The average Bonchev–Trinajstić information content (AvgIpc) is 3.41. The summed E-state index contributed by atoms with van der Waals surface area (Å²) in [5, 5.41) is 5.75. The van der Waals surface area contributed by atoms with Gasteiger partial charge in [-0.2, -0.15) is 11.8 Å². The maximum Gasteiger partial charge on any atom is 0.251 e. The summed E-state index contributed by atoms with van der Waals surface area (Å²) in [6.45, 7) is 2.41. The molecule has 1 aliphatic rings. The van der Waals surface area contributed by atoms with Gasteiger partial charge < -0.3 is 16.4 Å². The molecule has 1 aromatic carbocycles. The molecule has 0 aliphatic heterocycles. The Morgan fingerprint density at radius 2 is 2.12 bits per heavy atom. The van der Waals surface area contributed by atoms with E-state index in [2.05, 4.69) is 10.6 Å². The summed E-state index contributed by atoms with van der Waals surface area (Å²) < 4.78 is 0. The number of nitrogens with two attached hydrogens (primary N) is 1. The number of carbonyl (C=O) groups is 2. The summed E-state index contributed by atoms with van der Waals surface area (Å²) in [6.07, 6.45) is 4.89. The summed E-state index contributed by atoms with van der Waals surface area (Å²) in [6, 6.07) is 6.85. The third kappa shape index (κ3) is 5.83. The predicted octanol–water partition coefficient (Wildman–Crippen LogP) is 1.70. The van der Waals surface area contributed by atoms with Crippen molar-refractivity contribution in [1.29, 1.82) is 0 Å². The molecule has 2 atom stereocenters. The van der Waals surface area contributed by atoms with E-state index in [0.29, 0.717) is 24.4 Å². The van der Waals surface area contributed by atoms with Crippen LogP contribution in [-0.4, -0.2) is 42.5 Å². The van der Waals surface area contributed by atoms with Gasteiger partial charge in [0, 0.05) is 18.2 Å². The number of rotatable bonds is 9. The SMILES string of the molecule is CSCCC(NC(=O)c1cccc(C)c1)C(=O)NCC(N)C1CC1. The maximum atomic E-state index is 12.4. The Bertz CT molecular complexity index is 575. The zero-order chi connectivity index (χ0) is 17.5. The first-order valence-electron chi connectivity index (χ1n) is 8.41. The van der Waals surface area contributed by atoms with Gasteiger partial charge >= 0.3 is 0 Å². The van der Waals surface area contributed by atoms with Gasteiger partial charge in [0.25, 0.3) is 5.91 Å². The van der Waals surface area contributed by atoms with E-state index in [1.54, 1.807) is 17.8 Å². The zero-order valence-electron chi connectivity index (χ0n) is 14.4. The van der Waals surface area contributed by atoms with Crippen molar-refractivity contribution < 1.29 is 9.59 Å². The molecule has 1 fully saturated rings. The van der Waals surface area contributed by atoms with Gasteiger partial charge in [-0.15, -0.1) is 0 Å². The molecule has 6 heteroatoms. The molecular formula is C18H27N3O2S. The molecule has 0 radical (unpaired) electrons. The maximum absolute atomic E-state index is 12.4. The third-order valence-corrected chi connectivity index (χ3v) is 4.90. The fourth-order valence-electron chi connectivity index (χ4n) is 2.57. The smallest absolute Gasteiger partial charge is 0.251 e. The Kier molecular flexibility index (Phi) is 7.12. The first-order chi connectivity index (χ1) is 11.5. The Hall–Kier alpha value is -1.53. The lowest BCUT2D eigenvalue weighted by Crippen LogP contribution is -2.49. The molecule has 24 heavy (non-hydrogen) atoms. The first kappa shape index (κ1) is 18.8. The highest BCUT2D eigenvalue weighted by atomic mass is 32.2. The van der Waals surface area contributed by atoms with Crippen molar-refractivity contribution in [3.63, 3.8) is 0 Å². The van der Waals surface area contributed by atoms with Crippen molar-refractivity contribution in [3.8, 4) is 0 Å². The van der Waals surface area contributed by atoms with Crippen molar-refractivity contribution in [2.24, 2.45) is 11.7 Å². The highest BCUT2D eigenvalue weighted by Gasteiger charge is 2.29. The number of carbonyl (C=O) groups excluding carboxylic acids is 2. The van der Waals surface area contributed by atoms with Crippen LogP contribution in [0.5, 0.6) is 0 Å². The highest BCUT2D eigenvalue weighted by Crippen LogP contribution is 2.31. The second-order valence-electron chi connectivity index (χ2n) is 6.42. The average molecular weight is 350 g/mol. The van der Waals surface area contributed by atoms with Crippen LogP contribution in [0.1, 0.15) is 35.2 Å². The van der Waals surface area contributed by atoms with Gasteiger partial charge in [-0.25, -0.2) is 0 Å². The second kappa shape index (κ2) is 9.08. The summed E-state index contributed by atoms with van der Waals surface area (Å²) in [7, 11) is 0. The number of aryl methyl sites for hydroxylation is 1. The Labute approximate surface area is 148 Å². The molecule has 2 amide bonds. The van der Waals surface area contributed by atoms with E-state index in [-0.39, 0.29) is 17.9 Å². The van der Waals surface area contributed by atoms with Gasteiger partial charge in [0.15, 0.2) is 0 Å². The number of hydrogen-bond donors (Lipinski definition) is 3. The number of nitrogens with one attached hydrogen (secondary N) is 2. The van der Waals surface area contributed by atoms with E-state index in [9.17, 15) is 9.59 Å². The molecule has 2 unspecified atom stereocenters. The normalized spacial score (nSPS) is 16.3. The fraction of sp³-hybridized carbons (Fsp3) is 0.556. The van der Waals surface area contributed by atoms with Gasteiger partial charge in [0.05, 0.1) is 0 Å². The molecule has 0 bridgehead atoms. The van der Waals surface area contributed by atoms with Crippen molar-refractivity contribution in [2.45, 2.75) is 38.3 Å². The van der Waals surface area contributed by atoms with Crippen molar-refractivity contribution >= 4 is 23.6 Å². The van der Waals surface area contributed by atoms with E-state index < -0.39 is 6.04 Å². The van der Waals surface area contributed by atoms with Crippen LogP contribution in [0.25, 0.3) is 0 Å². The lowest BCUT2D eigenvalue weighted by molar-refractivity contribution is -0.123. The van der Waals surface area contributed by atoms with Crippen LogP contribution in [0, 0.1) is 12.8 Å². The lowest BCUT2D eigenvalue weighted by atomic mass is 10.1. The summed E-state index contributed by atoms with van der Waals surface area (Å²) in [5.41, 5.74) is 7.62. The highest BCUT2D eigenvalue weighted by molar-refractivity contribution is 7.98. The molecule has 1 aromatic rings.